The average Bonchev–Trinajstić information content (AvgIpc) is 2.30. The molecule has 90 valence electrons. The van der Waals surface area contributed by atoms with Gasteiger partial charge in [0.05, 0.1) is 0 Å². The minimum absolute atomic E-state index is 0.739. The second kappa shape index (κ2) is 4.85. The van der Waals surface area contributed by atoms with Crippen molar-refractivity contribution in [1.82, 2.24) is 0 Å². The van der Waals surface area contributed by atoms with Crippen LogP contribution in [0.2, 0.25) is 0 Å². The van der Waals surface area contributed by atoms with Crippen LogP contribution in [-0.2, 0) is 0 Å². The highest BCUT2D eigenvalue weighted by Gasteiger charge is 1.97. The standard InChI is InChI=1S/C16H16N2/c1-11-8-13(10-15(17)9-11)6-7-14-4-3-5-16(18)12(14)2/h3-5,8-10H,17-18H2,1-2H3. The maximum Gasteiger partial charge on any atom is 0.0356 e. The van der Waals surface area contributed by atoms with Crippen LogP contribution in [0.15, 0.2) is 36.4 Å². The normalized spacial score (nSPS) is 9.67. The van der Waals surface area contributed by atoms with Gasteiger partial charge in [0.2, 0.25) is 0 Å². The predicted octanol–water partition coefficient (Wildman–Crippen LogP) is 2.87. The molecule has 2 aromatic rings. The van der Waals surface area contributed by atoms with Crippen LogP contribution in [0.25, 0.3) is 0 Å². The molecule has 18 heavy (non-hydrogen) atoms. The van der Waals surface area contributed by atoms with Crippen LogP contribution in [0.4, 0.5) is 11.4 Å². The van der Waals surface area contributed by atoms with Gasteiger partial charge in [0, 0.05) is 22.5 Å². The van der Waals surface area contributed by atoms with Crippen LogP contribution in [-0.4, -0.2) is 0 Å². The molecule has 0 aromatic heterocycles. The lowest BCUT2D eigenvalue weighted by Crippen LogP contribution is -1.92. The minimum atomic E-state index is 0.739. The molecular weight excluding hydrogens is 220 g/mol. The quantitative estimate of drug-likeness (QED) is 0.546. The topological polar surface area (TPSA) is 52.0 Å². The van der Waals surface area contributed by atoms with Gasteiger partial charge >= 0.3 is 0 Å². The minimum Gasteiger partial charge on any atom is -0.399 e. The van der Waals surface area contributed by atoms with Gasteiger partial charge in [-0.3, -0.25) is 0 Å². The Labute approximate surface area is 108 Å². The second-order valence-corrected chi connectivity index (χ2v) is 4.40. The number of anilines is 2. The third-order valence-corrected chi connectivity index (χ3v) is 2.82. The molecule has 0 fully saturated rings. The Morgan fingerprint density at radius 1 is 0.944 bits per heavy atom. The van der Waals surface area contributed by atoms with Crippen LogP contribution in [0, 0.1) is 25.7 Å². The fourth-order valence-corrected chi connectivity index (χ4v) is 1.81. The van der Waals surface area contributed by atoms with E-state index < -0.39 is 0 Å². The van der Waals surface area contributed by atoms with Crippen molar-refractivity contribution in [3.05, 3.63) is 58.7 Å². The van der Waals surface area contributed by atoms with E-state index in [2.05, 4.69) is 11.8 Å². The number of hydrogen-bond acceptors (Lipinski definition) is 2. The van der Waals surface area contributed by atoms with Crippen LogP contribution in [0.1, 0.15) is 22.3 Å². The molecule has 2 aromatic carbocycles. The van der Waals surface area contributed by atoms with Gasteiger partial charge in [0.25, 0.3) is 0 Å². The smallest absolute Gasteiger partial charge is 0.0356 e. The van der Waals surface area contributed by atoms with Crippen molar-refractivity contribution in [3.8, 4) is 11.8 Å². The number of benzene rings is 2. The first kappa shape index (κ1) is 12.1. The molecule has 0 amide bonds. The van der Waals surface area contributed by atoms with Gasteiger partial charge in [0.1, 0.15) is 0 Å². The predicted molar refractivity (Wildman–Crippen MR) is 77.2 cm³/mol. The van der Waals surface area contributed by atoms with E-state index >= 15 is 0 Å². The molecule has 0 saturated carbocycles. The highest BCUT2D eigenvalue weighted by Crippen LogP contribution is 2.15. The van der Waals surface area contributed by atoms with Gasteiger partial charge in [-0.15, -0.1) is 0 Å². The van der Waals surface area contributed by atoms with Crippen molar-refractivity contribution in [2.24, 2.45) is 0 Å². The van der Waals surface area contributed by atoms with E-state index in [1.165, 1.54) is 0 Å². The Kier molecular flexibility index (Phi) is 3.25. The molecule has 2 nitrogen and oxygen atoms in total. The molecule has 0 aliphatic rings. The number of rotatable bonds is 0. The summed E-state index contributed by atoms with van der Waals surface area (Å²) in [5.74, 6) is 6.26. The first-order valence-corrected chi connectivity index (χ1v) is 5.80. The lowest BCUT2D eigenvalue weighted by Gasteiger charge is -2.01. The van der Waals surface area contributed by atoms with Crippen LogP contribution in [0.3, 0.4) is 0 Å². The molecule has 0 heterocycles. The largest absolute Gasteiger partial charge is 0.399 e. The van der Waals surface area contributed by atoms with Crippen molar-refractivity contribution >= 4 is 11.4 Å². The lowest BCUT2D eigenvalue weighted by atomic mass is 10.1. The van der Waals surface area contributed by atoms with E-state index in [0.717, 1.165) is 33.6 Å². The third kappa shape index (κ3) is 2.64. The molecule has 0 bridgehead atoms. The fourth-order valence-electron chi connectivity index (χ4n) is 1.81. The number of aryl methyl sites for hydroxylation is 1. The molecule has 2 heteroatoms. The van der Waals surface area contributed by atoms with Gasteiger partial charge < -0.3 is 11.5 Å². The van der Waals surface area contributed by atoms with Crippen LogP contribution >= 0.6 is 0 Å². The number of hydrogen-bond donors (Lipinski definition) is 2. The van der Waals surface area contributed by atoms with Gasteiger partial charge in [-0.2, -0.15) is 0 Å². The zero-order valence-electron chi connectivity index (χ0n) is 10.6. The molecule has 0 unspecified atom stereocenters. The van der Waals surface area contributed by atoms with Crippen LogP contribution in [0.5, 0.6) is 0 Å². The Balaban J connectivity index is 2.40. The molecule has 4 N–H and O–H groups in total. The summed E-state index contributed by atoms with van der Waals surface area (Å²) < 4.78 is 0. The van der Waals surface area contributed by atoms with E-state index in [9.17, 15) is 0 Å². The molecule has 0 aliphatic heterocycles. The Morgan fingerprint density at radius 2 is 1.72 bits per heavy atom. The molecule has 2 rings (SSSR count). The molecular formula is C16H16N2. The van der Waals surface area contributed by atoms with Gasteiger partial charge in [-0.05, 0) is 55.3 Å². The number of nitrogens with two attached hydrogens (primary N) is 2. The Morgan fingerprint density at radius 3 is 2.44 bits per heavy atom. The second-order valence-electron chi connectivity index (χ2n) is 4.40. The molecule has 0 saturated heterocycles. The van der Waals surface area contributed by atoms with Gasteiger partial charge in [-0.1, -0.05) is 17.9 Å². The summed E-state index contributed by atoms with van der Waals surface area (Å²) >= 11 is 0. The Bertz CT molecular complexity index is 626. The maximum absolute atomic E-state index is 5.85. The monoisotopic (exact) mass is 236 g/mol. The SMILES string of the molecule is Cc1cc(N)cc(C#Cc2cccc(N)c2C)c1. The van der Waals surface area contributed by atoms with Crippen LogP contribution < -0.4 is 11.5 Å². The van der Waals surface area contributed by atoms with E-state index in [0.29, 0.717) is 0 Å². The van der Waals surface area contributed by atoms with Crippen molar-refractivity contribution in [3.63, 3.8) is 0 Å². The average molecular weight is 236 g/mol. The van der Waals surface area contributed by atoms with Crippen molar-refractivity contribution < 1.29 is 0 Å². The molecule has 0 atom stereocenters. The zero-order chi connectivity index (χ0) is 13.1. The van der Waals surface area contributed by atoms with E-state index in [1.807, 2.05) is 50.2 Å². The highest BCUT2D eigenvalue weighted by molar-refractivity contribution is 5.58. The Hall–Kier alpha value is -2.40. The molecule has 0 radical (unpaired) electrons. The van der Waals surface area contributed by atoms with E-state index in [1.54, 1.807) is 0 Å². The summed E-state index contributed by atoms with van der Waals surface area (Å²) in [6.07, 6.45) is 0. The first-order valence-electron chi connectivity index (χ1n) is 5.80. The number of nitrogen functional groups attached to an aromatic ring is 2. The van der Waals surface area contributed by atoms with Gasteiger partial charge in [-0.25, -0.2) is 0 Å². The van der Waals surface area contributed by atoms with Crippen molar-refractivity contribution in [2.45, 2.75) is 13.8 Å². The van der Waals surface area contributed by atoms with E-state index in [-0.39, 0.29) is 0 Å². The zero-order valence-corrected chi connectivity index (χ0v) is 10.6. The van der Waals surface area contributed by atoms with Crippen molar-refractivity contribution in [1.29, 1.82) is 0 Å². The summed E-state index contributed by atoms with van der Waals surface area (Å²) in [5.41, 5.74) is 17.2. The first-order chi connectivity index (χ1) is 8.56. The summed E-state index contributed by atoms with van der Waals surface area (Å²) in [6, 6.07) is 11.6. The third-order valence-electron chi connectivity index (χ3n) is 2.82. The lowest BCUT2D eigenvalue weighted by molar-refractivity contribution is 1.43. The highest BCUT2D eigenvalue weighted by atomic mass is 14.6. The van der Waals surface area contributed by atoms with E-state index in [4.69, 9.17) is 11.5 Å². The maximum atomic E-state index is 5.85. The summed E-state index contributed by atoms with van der Waals surface area (Å²) in [4.78, 5) is 0. The molecule has 0 aliphatic carbocycles. The molecule has 0 spiro atoms. The van der Waals surface area contributed by atoms with Crippen molar-refractivity contribution in [2.75, 3.05) is 11.5 Å². The summed E-state index contributed by atoms with van der Waals surface area (Å²) in [5, 5.41) is 0. The fraction of sp³-hybridized carbons (Fsp3) is 0.125. The van der Waals surface area contributed by atoms with Gasteiger partial charge in [0.15, 0.2) is 0 Å². The summed E-state index contributed by atoms with van der Waals surface area (Å²) in [7, 11) is 0. The summed E-state index contributed by atoms with van der Waals surface area (Å²) in [6.45, 7) is 3.98.